The van der Waals surface area contributed by atoms with Gasteiger partial charge in [0.1, 0.15) is 5.82 Å². The number of aromatic nitrogens is 2. The van der Waals surface area contributed by atoms with E-state index in [1.165, 1.54) is 12.8 Å². The van der Waals surface area contributed by atoms with Gasteiger partial charge in [-0.15, -0.1) is 0 Å². The van der Waals surface area contributed by atoms with Crippen molar-refractivity contribution in [2.75, 3.05) is 18.4 Å². The minimum atomic E-state index is 0.350. The first-order valence-corrected chi connectivity index (χ1v) is 7.29. The minimum absolute atomic E-state index is 0.350. The highest BCUT2D eigenvalue weighted by molar-refractivity contribution is 5.36. The van der Waals surface area contributed by atoms with E-state index in [4.69, 9.17) is 5.73 Å². The third kappa shape index (κ3) is 5.23. The van der Waals surface area contributed by atoms with Crippen molar-refractivity contribution in [3.63, 3.8) is 0 Å². The summed E-state index contributed by atoms with van der Waals surface area (Å²) < 4.78 is 1.90. The van der Waals surface area contributed by atoms with Crippen molar-refractivity contribution in [3.05, 3.63) is 11.8 Å². The molecule has 1 unspecified atom stereocenters. The van der Waals surface area contributed by atoms with Crippen LogP contribution in [0.15, 0.2) is 6.07 Å². The van der Waals surface area contributed by atoms with Gasteiger partial charge in [0.2, 0.25) is 0 Å². The molecule has 0 aliphatic rings. The number of hydrogen-bond donors (Lipinski definition) is 2. The normalized spacial score (nSPS) is 13.6. The van der Waals surface area contributed by atoms with Gasteiger partial charge in [0.25, 0.3) is 0 Å². The Kier molecular flexibility index (Phi) is 5.85. The number of nitrogens with one attached hydrogen (secondary N) is 1. The molecule has 0 fully saturated rings. The van der Waals surface area contributed by atoms with Crippen LogP contribution in [-0.2, 0) is 7.05 Å². The summed E-state index contributed by atoms with van der Waals surface area (Å²) in [5, 5.41) is 7.78. The Morgan fingerprint density at radius 1 is 1.37 bits per heavy atom. The number of hydrogen-bond acceptors (Lipinski definition) is 3. The predicted octanol–water partition coefficient (Wildman–Crippen LogP) is 2.93. The lowest BCUT2D eigenvalue weighted by Crippen LogP contribution is -2.24. The number of aryl methyl sites for hydroxylation is 2. The molecule has 1 atom stereocenters. The molecule has 1 rings (SSSR count). The maximum absolute atomic E-state index is 5.72. The summed E-state index contributed by atoms with van der Waals surface area (Å²) in [6.07, 6.45) is 3.52. The van der Waals surface area contributed by atoms with Gasteiger partial charge in [-0.3, -0.25) is 4.68 Å². The van der Waals surface area contributed by atoms with E-state index in [9.17, 15) is 0 Å². The Labute approximate surface area is 117 Å². The van der Waals surface area contributed by atoms with E-state index < -0.39 is 0 Å². The third-order valence-electron chi connectivity index (χ3n) is 3.78. The fraction of sp³-hybridized carbons (Fsp3) is 0.800. The average Bonchev–Trinajstić information content (AvgIpc) is 2.60. The zero-order valence-electron chi connectivity index (χ0n) is 13.2. The summed E-state index contributed by atoms with van der Waals surface area (Å²) in [6.45, 7) is 10.7. The van der Waals surface area contributed by atoms with Crippen LogP contribution in [0.3, 0.4) is 0 Å². The fourth-order valence-electron chi connectivity index (χ4n) is 2.55. The molecule has 0 aliphatic carbocycles. The largest absolute Gasteiger partial charge is 0.370 e. The van der Waals surface area contributed by atoms with E-state index in [0.29, 0.717) is 11.3 Å². The molecule has 110 valence electrons. The van der Waals surface area contributed by atoms with Crippen LogP contribution in [0.25, 0.3) is 0 Å². The second-order valence-corrected chi connectivity index (χ2v) is 6.50. The van der Waals surface area contributed by atoms with Crippen LogP contribution in [0.5, 0.6) is 0 Å². The molecule has 0 bridgehead atoms. The van der Waals surface area contributed by atoms with Gasteiger partial charge in [-0.1, -0.05) is 20.8 Å². The number of nitrogens with two attached hydrogens (primary N) is 1. The van der Waals surface area contributed by atoms with Gasteiger partial charge in [-0.25, -0.2) is 0 Å². The van der Waals surface area contributed by atoms with Crippen LogP contribution in [0.1, 0.15) is 45.7 Å². The summed E-state index contributed by atoms with van der Waals surface area (Å²) in [6, 6.07) is 2.08. The molecular formula is C15H30N4. The molecule has 19 heavy (non-hydrogen) atoms. The van der Waals surface area contributed by atoms with Crippen LogP contribution in [0, 0.1) is 18.3 Å². The molecule has 0 aromatic carbocycles. The molecule has 1 aromatic rings. The molecule has 0 spiro atoms. The predicted molar refractivity (Wildman–Crippen MR) is 82.3 cm³/mol. The van der Waals surface area contributed by atoms with E-state index in [0.717, 1.165) is 31.0 Å². The lowest BCUT2D eigenvalue weighted by molar-refractivity contribution is 0.212. The highest BCUT2D eigenvalue weighted by Gasteiger charge is 2.23. The van der Waals surface area contributed by atoms with E-state index >= 15 is 0 Å². The Bertz CT molecular complexity index is 376. The molecule has 0 saturated heterocycles. The highest BCUT2D eigenvalue weighted by Crippen LogP contribution is 2.31. The maximum atomic E-state index is 5.72. The van der Waals surface area contributed by atoms with Crippen molar-refractivity contribution in [3.8, 4) is 0 Å². The van der Waals surface area contributed by atoms with Gasteiger partial charge in [0.15, 0.2) is 0 Å². The zero-order chi connectivity index (χ0) is 14.5. The topological polar surface area (TPSA) is 55.9 Å². The van der Waals surface area contributed by atoms with Gasteiger partial charge in [0.05, 0.1) is 5.69 Å². The highest BCUT2D eigenvalue weighted by atomic mass is 15.3. The molecule has 0 radical (unpaired) electrons. The molecule has 0 saturated carbocycles. The summed E-state index contributed by atoms with van der Waals surface area (Å²) >= 11 is 0. The van der Waals surface area contributed by atoms with Crippen molar-refractivity contribution < 1.29 is 0 Å². The van der Waals surface area contributed by atoms with Crippen LogP contribution in [0.2, 0.25) is 0 Å². The van der Waals surface area contributed by atoms with Gasteiger partial charge in [-0.05, 0) is 44.1 Å². The quantitative estimate of drug-likeness (QED) is 0.746. The molecule has 4 nitrogen and oxygen atoms in total. The van der Waals surface area contributed by atoms with Crippen LogP contribution >= 0.6 is 0 Å². The zero-order valence-corrected chi connectivity index (χ0v) is 13.2. The maximum Gasteiger partial charge on any atom is 0.124 e. The van der Waals surface area contributed by atoms with Gasteiger partial charge in [-0.2, -0.15) is 5.10 Å². The van der Waals surface area contributed by atoms with Gasteiger partial charge >= 0.3 is 0 Å². The molecule has 4 heteroatoms. The Morgan fingerprint density at radius 3 is 2.53 bits per heavy atom. The first-order valence-electron chi connectivity index (χ1n) is 7.29. The minimum Gasteiger partial charge on any atom is -0.370 e. The van der Waals surface area contributed by atoms with E-state index in [1.54, 1.807) is 0 Å². The first-order chi connectivity index (χ1) is 8.84. The number of nitrogens with zero attached hydrogens (tertiary/aromatic N) is 2. The number of rotatable bonds is 7. The van der Waals surface area contributed by atoms with E-state index in [1.807, 2.05) is 18.7 Å². The molecule has 0 amide bonds. The van der Waals surface area contributed by atoms with Crippen molar-refractivity contribution in [1.29, 1.82) is 0 Å². The lowest BCUT2D eigenvalue weighted by atomic mass is 9.76. The summed E-state index contributed by atoms with van der Waals surface area (Å²) in [5.74, 6) is 1.80. The summed E-state index contributed by atoms with van der Waals surface area (Å²) in [7, 11) is 1.97. The Balaban J connectivity index is 2.35. The number of anilines is 1. The van der Waals surface area contributed by atoms with Crippen molar-refractivity contribution in [2.45, 2.75) is 47.0 Å². The molecule has 3 N–H and O–H groups in total. The first kappa shape index (κ1) is 16.0. The average molecular weight is 266 g/mol. The van der Waals surface area contributed by atoms with Gasteiger partial charge in [0, 0.05) is 19.7 Å². The monoisotopic (exact) mass is 266 g/mol. The lowest BCUT2D eigenvalue weighted by Gasteiger charge is -2.30. The van der Waals surface area contributed by atoms with Crippen LogP contribution in [-0.4, -0.2) is 22.9 Å². The molecule has 0 aliphatic heterocycles. The third-order valence-corrected chi connectivity index (χ3v) is 3.78. The summed E-state index contributed by atoms with van der Waals surface area (Å²) in [5.41, 5.74) is 7.12. The van der Waals surface area contributed by atoms with Crippen LogP contribution in [0.4, 0.5) is 5.82 Å². The van der Waals surface area contributed by atoms with Crippen molar-refractivity contribution >= 4 is 5.82 Å². The Hall–Kier alpha value is -1.03. The molecular weight excluding hydrogens is 236 g/mol. The van der Waals surface area contributed by atoms with Gasteiger partial charge < -0.3 is 11.1 Å². The molecule has 1 aromatic heterocycles. The smallest absolute Gasteiger partial charge is 0.124 e. The summed E-state index contributed by atoms with van der Waals surface area (Å²) in [4.78, 5) is 0. The second-order valence-electron chi connectivity index (χ2n) is 6.50. The van der Waals surface area contributed by atoms with Crippen LogP contribution < -0.4 is 11.1 Å². The second kappa shape index (κ2) is 6.94. The van der Waals surface area contributed by atoms with Crippen molar-refractivity contribution in [1.82, 2.24) is 9.78 Å². The standard InChI is InChI=1S/C15H30N4/c1-12-11-14(19(5)18-12)17-10-6-7-13(8-9-16)15(2,3)4/h11,13,17H,6-10,16H2,1-5H3. The fourth-order valence-corrected chi connectivity index (χ4v) is 2.55. The molecule has 1 heterocycles. The van der Waals surface area contributed by atoms with Crippen molar-refractivity contribution in [2.24, 2.45) is 24.1 Å². The van der Waals surface area contributed by atoms with E-state index in [-0.39, 0.29) is 0 Å². The van der Waals surface area contributed by atoms with E-state index in [2.05, 4.69) is 37.3 Å². The SMILES string of the molecule is Cc1cc(NCCCC(CCN)C(C)(C)C)n(C)n1. The Morgan fingerprint density at radius 2 is 2.05 bits per heavy atom.